The molecule has 0 fully saturated rings. The van der Waals surface area contributed by atoms with Crippen LogP contribution < -0.4 is 5.32 Å². The maximum Gasteiger partial charge on any atom is 0.329 e. The van der Waals surface area contributed by atoms with Gasteiger partial charge in [-0.05, 0) is 0 Å². The van der Waals surface area contributed by atoms with Crippen LogP contribution >= 0.6 is 0 Å². The summed E-state index contributed by atoms with van der Waals surface area (Å²) in [6.45, 7) is 1.10. The number of esters is 1. The van der Waals surface area contributed by atoms with E-state index in [4.69, 9.17) is 9.47 Å². The summed E-state index contributed by atoms with van der Waals surface area (Å²) < 4.78 is 11.4. The third kappa shape index (κ3) is 3.04. The van der Waals surface area contributed by atoms with Gasteiger partial charge in [0.05, 0.1) is 31.9 Å². The summed E-state index contributed by atoms with van der Waals surface area (Å²) in [7, 11) is 4.80. The Labute approximate surface area is 94.6 Å². The molecule has 16 heavy (non-hydrogen) atoms. The van der Waals surface area contributed by atoms with Crippen LogP contribution in [0, 0.1) is 0 Å². The Morgan fingerprint density at radius 1 is 1.62 bits per heavy atom. The summed E-state index contributed by atoms with van der Waals surface area (Å²) in [6.07, 6.45) is 3.28. The summed E-state index contributed by atoms with van der Waals surface area (Å²) >= 11 is 0. The second kappa shape index (κ2) is 6.24. The molecule has 0 saturated carbocycles. The lowest BCUT2D eigenvalue weighted by Crippen LogP contribution is -2.33. The number of carbonyl (C=O) groups is 1. The summed E-state index contributed by atoms with van der Waals surface area (Å²) in [4.78, 5) is 15.6. The van der Waals surface area contributed by atoms with Crippen LogP contribution in [0.3, 0.4) is 0 Å². The van der Waals surface area contributed by atoms with Crippen molar-refractivity contribution in [2.45, 2.75) is 6.04 Å². The molecule has 1 unspecified atom stereocenters. The van der Waals surface area contributed by atoms with Crippen molar-refractivity contribution in [1.82, 2.24) is 14.9 Å². The molecular weight excluding hydrogens is 210 g/mol. The predicted molar refractivity (Wildman–Crippen MR) is 57.8 cm³/mol. The zero-order valence-corrected chi connectivity index (χ0v) is 9.77. The molecule has 0 spiro atoms. The topological polar surface area (TPSA) is 65.4 Å². The Morgan fingerprint density at radius 2 is 2.38 bits per heavy atom. The summed E-state index contributed by atoms with van der Waals surface area (Å²) in [5, 5.41) is 3.05. The predicted octanol–water partition coefficient (Wildman–Crippen LogP) is -0.130. The lowest BCUT2D eigenvalue weighted by Gasteiger charge is -2.16. The minimum absolute atomic E-state index is 0.334. The van der Waals surface area contributed by atoms with Gasteiger partial charge in [0.25, 0.3) is 0 Å². The quantitative estimate of drug-likeness (QED) is 0.541. The van der Waals surface area contributed by atoms with Crippen LogP contribution in [-0.4, -0.2) is 42.9 Å². The van der Waals surface area contributed by atoms with Crippen LogP contribution in [0.1, 0.15) is 11.7 Å². The molecule has 0 saturated heterocycles. The highest BCUT2D eigenvalue weighted by Gasteiger charge is 2.23. The van der Waals surface area contributed by atoms with Gasteiger partial charge in [-0.2, -0.15) is 0 Å². The fraction of sp³-hybridized carbons (Fsp3) is 0.600. The first kappa shape index (κ1) is 12.7. The summed E-state index contributed by atoms with van der Waals surface area (Å²) in [6, 6.07) is -0.507. The van der Waals surface area contributed by atoms with Crippen molar-refractivity contribution < 1.29 is 14.3 Å². The minimum Gasteiger partial charge on any atom is -0.468 e. The van der Waals surface area contributed by atoms with Crippen molar-refractivity contribution in [3.63, 3.8) is 0 Å². The zero-order valence-electron chi connectivity index (χ0n) is 9.77. The van der Waals surface area contributed by atoms with Gasteiger partial charge >= 0.3 is 5.97 Å². The molecule has 1 atom stereocenters. The first-order valence-corrected chi connectivity index (χ1v) is 4.97. The molecular formula is C10H17N3O3. The fourth-order valence-corrected chi connectivity index (χ4v) is 1.38. The molecule has 0 amide bonds. The molecule has 1 rings (SSSR count). The number of hydrogen-bond donors (Lipinski definition) is 1. The number of methoxy groups -OCH3 is 2. The van der Waals surface area contributed by atoms with Crippen molar-refractivity contribution in [3.05, 3.63) is 18.2 Å². The highest BCUT2D eigenvalue weighted by molar-refractivity contribution is 5.76. The van der Waals surface area contributed by atoms with Crippen molar-refractivity contribution in [2.75, 3.05) is 27.4 Å². The zero-order chi connectivity index (χ0) is 12.0. The van der Waals surface area contributed by atoms with Gasteiger partial charge in [-0.15, -0.1) is 0 Å². The third-order valence-corrected chi connectivity index (χ3v) is 2.24. The number of aromatic nitrogens is 2. The van der Waals surface area contributed by atoms with Gasteiger partial charge in [-0.1, -0.05) is 0 Å². The SMILES string of the molecule is COCCNC(C(=O)OC)c1cncn1C. The summed E-state index contributed by atoms with van der Waals surface area (Å²) in [5.74, 6) is -0.334. The van der Waals surface area contributed by atoms with E-state index >= 15 is 0 Å². The molecule has 1 aromatic heterocycles. The van der Waals surface area contributed by atoms with Crippen LogP contribution in [0.2, 0.25) is 0 Å². The van der Waals surface area contributed by atoms with Crippen LogP contribution in [0.25, 0.3) is 0 Å². The molecule has 0 radical (unpaired) electrons. The first-order valence-electron chi connectivity index (χ1n) is 4.97. The van der Waals surface area contributed by atoms with E-state index in [9.17, 15) is 4.79 Å². The van der Waals surface area contributed by atoms with E-state index in [1.807, 2.05) is 7.05 Å². The Morgan fingerprint density at radius 3 is 2.88 bits per heavy atom. The third-order valence-electron chi connectivity index (χ3n) is 2.24. The van der Waals surface area contributed by atoms with E-state index in [1.165, 1.54) is 7.11 Å². The van der Waals surface area contributed by atoms with E-state index < -0.39 is 6.04 Å². The van der Waals surface area contributed by atoms with Gasteiger partial charge < -0.3 is 14.0 Å². The molecule has 90 valence electrons. The molecule has 0 aliphatic rings. The second-order valence-electron chi connectivity index (χ2n) is 3.33. The molecule has 1 heterocycles. The van der Waals surface area contributed by atoms with E-state index in [1.54, 1.807) is 24.2 Å². The van der Waals surface area contributed by atoms with Gasteiger partial charge in [0, 0.05) is 20.7 Å². The average molecular weight is 227 g/mol. The number of nitrogens with one attached hydrogen (secondary N) is 1. The molecule has 0 aromatic carbocycles. The lowest BCUT2D eigenvalue weighted by atomic mass is 10.2. The van der Waals surface area contributed by atoms with Gasteiger partial charge in [-0.25, -0.2) is 9.78 Å². The molecule has 6 heteroatoms. The number of ether oxygens (including phenoxy) is 2. The van der Waals surface area contributed by atoms with Gasteiger partial charge in [0.15, 0.2) is 0 Å². The van der Waals surface area contributed by atoms with Crippen LogP contribution in [-0.2, 0) is 21.3 Å². The maximum absolute atomic E-state index is 11.6. The van der Waals surface area contributed by atoms with E-state index in [2.05, 4.69) is 10.3 Å². The van der Waals surface area contributed by atoms with Crippen LogP contribution in [0.15, 0.2) is 12.5 Å². The molecule has 1 N–H and O–H groups in total. The Kier molecular flexibility index (Phi) is 4.94. The minimum atomic E-state index is -0.507. The lowest BCUT2D eigenvalue weighted by molar-refractivity contribution is -0.143. The average Bonchev–Trinajstić information content (AvgIpc) is 2.70. The highest BCUT2D eigenvalue weighted by atomic mass is 16.5. The van der Waals surface area contributed by atoms with E-state index in [0.717, 1.165) is 5.69 Å². The Balaban J connectivity index is 2.72. The van der Waals surface area contributed by atoms with Gasteiger partial charge in [-0.3, -0.25) is 5.32 Å². The first-order chi connectivity index (χ1) is 7.70. The normalized spacial score (nSPS) is 12.4. The summed E-state index contributed by atoms with van der Waals surface area (Å²) in [5.41, 5.74) is 0.767. The number of hydrogen-bond acceptors (Lipinski definition) is 5. The van der Waals surface area contributed by atoms with Gasteiger partial charge in [0.1, 0.15) is 6.04 Å². The maximum atomic E-state index is 11.6. The smallest absolute Gasteiger partial charge is 0.329 e. The number of imidazole rings is 1. The van der Waals surface area contributed by atoms with Gasteiger partial charge in [0.2, 0.25) is 0 Å². The van der Waals surface area contributed by atoms with E-state index in [-0.39, 0.29) is 5.97 Å². The van der Waals surface area contributed by atoms with Crippen molar-refractivity contribution in [3.8, 4) is 0 Å². The molecule has 0 aliphatic carbocycles. The number of carbonyl (C=O) groups excluding carboxylic acids is 1. The van der Waals surface area contributed by atoms with Crippen molar-refractivity contribution >= 4 is 5.97 Å². The number of rotatable bonds is 6. The Bertz CT molecular complexity index is 338. The Hall–Kier alpha value is -1.40. The highest BCUT2D eigenvalue weighted by Crippen LogP contribution is 2.12. The van der Waals surface area contributed by atoms with E-state index in [0.29, 0.717) is 13.2 Å². The monoisotopic (exact) mass is 227 g/mol. The molecule has 0 aliphatic heterocycles. The molecule has 0 bridgehead atoms. The van der Waals surface area contributed by atoms with Crippen LogP contribution in [0.5, 0.6) is 0 Å². The second-order valence-corrected chi connectivity index (χ2v) is 3.33. The molecule has 6 nitrogen and oxygen atoms in total. The standard InChI is InChI=1S/C10H17N3O3/c1-13-7-11-6-8(13)9(10(14)16-3)12-4-5-15-2/h6-7,9,12H,4-5H2,1-3H3. The molecule has 1 aromatic rings. The van der Waals surface area contributed by atoms with Crippen molar-refractivity contribution in [1.29, 1.82) is 0 Å². The number of aryl methyl sites for hydroxylation is 1. The fourth-order valence-electron chi connectivity index (χ4n) is 1.38. The largest absolute Gasteiger partial charge is 0.468 e. The van der Waals surface area contributed by atoms with Crippen LogP contribution in [0.4, 0.5) is 0 Å². The van der Waals surface area contributed by atoms with Crippen molar-refractivity contribution in [2.24, 2.45) is 7.05 Å². The number of nitrogens with zero attached hydrogens (tertiary/aromatic N) is 2.